The summed E-state index contributed by atoms with van der Waals surface area (Å²) in [5.74, 6) is 0.814. The molecule has 2 aromatic rings. The molecule has 0 atom stereocenters. The van der Waals surface area contributed by atoms with E-state index in [4.69, 9.17) is 21.7 Å². The van der Waals surface area contributed by atoms with Crippen LogP contribution in [0.3, 0.4) is 0 Å². The van der Waals surface area contributed by atoms with Crippen LogP contribution in [0.1, 0.15) is 34.6 Å². The summed E-state index contributed by atoms with van der Waals surface area (Å²) in [7, 11) is 0. The standard InChI is InChI=1S/C23H27N3O4S/c1-16(2)15-30-20-9-5-17(6-10-20)21(27)25-23(31)24-19-7-3-18(4-8-19)22(28)26-11-13-29-14-12-26/h3-10,16H,11-15H2,1-2H3,(H2,24,25,27,31). The molecule has 8 heteroatoms. The molecule has 0 unspecified atom stereocenters. The molecule has 164 valence electrons. The monoisotopic (exact) mass is 441 g/mol. The third-order valence-electron chi connectivity index (χ3n) is 4.61. The Hall–Kier alpha value is -2.97. The Morgan fingerprint density at radius 2 is 1.65 bits per heavy atom. The second-order valence-electron chi connectivity index (χ2n) is 7.62. The maximum Gasteiger partial charge on any atom is 0.257 e. The quantitative estimate of drug-likeness (QED) is 0.670. The van der Waals surface area contributed by atoms with Crippen molar-refractivity contribution in [1.29, 1.82) is 0 Å². The lowest BCUT2D eigenvalue weighted by Gasteiger charge is -2.26. The number of carbonyl (C=O) groups excluding carboxylic acids is 2. The molecule has 3 rings (SSSR count). The van der Waals surface area contributed by atoms with E-state index >= 15 is 0 Å². The van der Waals surface area contributed by atoms with Gasteiger partial charge in [0.2, 0.25) is 0 Å². The van der Waals surface area contributed by atoms with Gasteiger partial charge in [0, 0.05) is 29.9 Å². The summed E-state index contributed by atoms with van der Waals surface area (Å²) < 4.78 is 10.9. The Morgan fingerprint density at radius 1 is 1.03 bits per heavy atom. The fraction of sp³-hybridized carbons (Fsp3) is 0.348. The van der Waals surface area contributed by atoms with Gasteiger partial charge in [-0.3, -0.25) is 14.9 Å². The van der Waals surface area contributed by atoms with Gasteiger partial charge in [-0.2, -0.15) is 0 Å². The lowest BCUT2D eigenvalue weighted by Crippen LogP contribution is -2.40. The van der Waals surface area contributed by atoms with Crippen LogP contribution >= 0.6 is 12.2 Å². The van der Waals surface area contributed by atoms with Crippen molar-refractivity contribution in [3.05, 3.63) is 59.7 Å². The Morgan fingerprint density at radius 3 is 2.26 bits per heavy atom. The van der Waals surface area contributed by atoms with Crippen molar-refractivity contribution in [2.75, 3.05) is 38.2 Å². The molecular weight excluding hydrogens is 414 g/mol. The fourth-order valence-electron chi connectivity index (χ4n) is 2.95. The van der Waals surface area contributed by atoms with Crippen LogP contribution in [0, 0.1) is 5.92 Å². The van der Waals surface area contributed by atoms with Crippen molar-refractivity contribution in [3.63, 3.8) is 0 Å². The first-order valence-corrected chi connectivity index (χ1v) is 10.7. The SMILES string of the molecule is CC(C)COc1ccc(C(=O)NC(=S)Nc2ccc(C(=O)N3CCOCC3)cc2)cc1. The molecule has 0 spiro atoms. The van der Waals surface area contributed by atoms with Gasteiger partial charge >= 0.3 is 0 Å². The molecule has 0 aromatic heterocycles. The van der Waals surface area contributed by atoms with Crippen molar-refractivity contribution in [3.8, 4) is 5.75 Å². The van der Waals surface area contributed by atoms with Gasteiger partial charge < -0.3 is 19.7 Å². The molecule has 2 amide bonds. The highest BCUT2D eigenvalue weighted by atomic mass is 32.1. The normalized spacial score (nSPS) is 13.6. The summed E-state index contributed by atoms with van der Waals surface area (Å²) in [6.45, 7) is 7.09. The zero-order chi connectivity index (χ0) is 22.2. The molecule has 0 saturated carbocycles. The summed E-state index contributed by atoms with van der Waals surface area (Å²) in [4.78, 5) is 26.7. The minimum absolute atomic E-state index is 0.0217. The molecule has 31 heavy (non-hydrogen) atoms. The van der Waals surface area contributed by atoms with Crippen LogP contribution in [0.4, 0.5) is 5.69 Å². The van der Waals surface area contributed by atoms with Crippen LogP contribution in [0.15, 0.2) is 48.5 Å². The van der Waals surface area contributed by atoms with Gasteiger partial charge in [0.05, 0.1) is 19.8 Å². The number of morpholine rings is 1. The fourth-order valence-corrected chi connectivity index (χ4v) is 3.16. The molecule has 7 nitrogen and oxygen atoms in total. The van der Waals surface area contributed by atoms with Crippen molar-refractivity contribution >= 4 is 34.8 Å². The number of amides is 2. The van der Waals surface area contributed by atoms with Crippen LogP contribution in [-0.2, 0) is 4.74 Å². The maximum atomic E-state index is 12.5. The second-order valence-corrected chi connectivity index (χ2v) is 8.03. The Bertz CT molecular complexity index is 907. The summed E-state index contributed by atoms with van der Waals surface area (Å²) in [6.07, 6.45) is 0. The number of ether oxygens (including phenoxy) is 2. The average molecular weight is 442 g/mol. The van der Waals surface area contributed by atoms with E-state index in [0.29, 0.717) is 55.6 Å². The highest BCUT2D eigenvalue weighted by Crippen LogP contribution is 2.15. The smallest absolute Gasteiger partial charge is 0.257 e. The van der Waals surface area contributed by atoms with E-state index < -0.39 is 0 Å². The number of hydrogen-bond donors (Lipinski definition) is 2. The molecule has 0 bridgehead atoms. The van der Waals surface area contributed by atoms with Crippen LogP contribution < -0.4 is 15.4 Å². The van der Waals surface area contributed by atoms with Gasteiger partial charge in [-0.15, -0.1) is 0 Å². The number of carbonyl (C=O) groups is 2. The van der Waals surface area contributed by atoms with Crippen molar-refractivity contribution in [2.45, 2.75) is 13.8 Å². The molecule has 1 heterocycles. The van der Waals surface area contributed by atoms with Gasteiger partial charge in [-0.1, -0.05) is 13.8 Å². The molecule has 0 aliphatic carbocycles. The molecule has 1 fully saturated rings. The van der Waals surface area contributed by atoms with Gasteiger partial charge in [0.1, 0.15) is 5.75 Å². The van der Waals surface area contributed by atoms with Gasteiger partial charge in [0.15, 0.2) is 5.11 Å². The number of rotatable bonds is 6. The van der Waals surface area contributed by atoms with E-state index in [9.17, 15) is 9.59 Å². The highest BCUT2D eigenvalue weighted by molar-refractivity contribution is 7.80. The molecule has 0 radical (unpaired) electrons. The largest absolute Gasteiger partial charge is 0.493 e. The van der Waals surface area contributed by atoms with Crippen LogP contribution in [0.2, 0.25) is 0 Å². The Kier molecular flexibility index (Phi) is 7.97. The number of benzene rings is 2. The van der Waals surface area contributed by atoms with E-state index in [1.165, 1.54) is 0 Å². The first kappa shape index (κ1) is 22.7. The number of hydrogen-bond acceptors (Lipinski definition) is 5. The predicted molar refractivity (Wildman–Crippen MR) is 124 cm³/mol. The molecule has 2 aromatic carbocycles. The Labute approximate surface area is 187 Å². The minimum atomic E-state index is -0.313. The summed E-state index contributed by atoms with van der Waals surface area (Å²) in [5, 5.41) is 5.80. The third kappa shape index (κ3) is 6.77. The first-order valence-electron chi connectivity index (χ1n) is 10.2. The lowest BCUT2D eigenvalue weighted by molar-refractivity contribution is 0.0303. The molecular formula is C23H27N3O4S. The average Bonchev–Trinajstić information content (AvgIpc) is 2.78. The second kappa shape index (κ2) is 10.9. The molecule has 1 saturated heterocycles. The number of nitrogens with zero attached hydrogens (tertiary/aromatic N) is 1. The summed E-state index contributed by atoms with van der Waals surface area (Å²) in [6, 6.07) is 13.9. The summed E-state index contributed by atoms with van der Waals surface area (Å²) >= 11 is 5.24. The van der Waals surface area contributed by atoms with Crippen molar-refractivity contribution in [2.24, 2.45) is 5.92 Å². The number of anilines is 1. The van der Waals surface area contributed by atoms with Gasteiger partial charge in [0.25, 0.3) is 11.8 Å². The Balaban J connectivity index is 1.50. The van der Waals surface area contributed by atoms with Gasteiger partial charge in [-0.25, -0.2) is 0 Å². The van der Waals surface area contributed by atoms with Crippen LogP contribution in [-0.4, -0.2) is 54.7 Å². The number of nitrogens with one attached hydrogen (secondary N) is 2. The van der Waals surface area contributed by atoms with Crippen molar-refractivity contribution in [1.82, 2.24) is 10.2 Å². The topological polar surface area (TPSA) is 79.9 Å². The lowest BCUT2D eigenvalue weighted by atomic mass is 10.1. The zero-order valence-electron chi connectivity index (χ0n) is 17.7. The zero-order valence-corrected chi connectivity index (χ0v) is 18.5. The minimum Gasteiger partial charge on any atom is -0.493 e. The van der Waals surface area contributed by atoms with Crippen molar-refractivity contribution < 1.29 is 19.1 Å². The highest BCUT2D eigenvalue weighted by Gasteiger charge is 2.18. The van der Waals surface area contributed by atoms with Crippen LogP contribution in [0.5, 0.6) is 5.75 Å². The van der Waals surface area contributed by atoms with Crippen LogP contribution in [0.25, 0.3) is 0 Å². The van der Waals surface area contributed by atoms with E-state index in [0.717, 1.165) is 5.75 Å². The maximum absolute atomic E-state index is 12.5. The summed E-state index contributed by atoms with van der Waals surface area (Å²) in [5.41, 5.74) is 1.76. The van der Waals surface area contributed by atoms with E-state index in [1.807, 2.05) is 0 Å². The predicted octanol–water partition coefficient (Wildman–Crippen LogP) is 3.32. The third-order valence-corrected chi connectivity index (χ3v) is 4.82. The number of thiocarbonyl (C=S) groups is 1. The molecule has 2 N–H and O–H groups in total. The van der Waals surface area contributed by atoms with E-state index in [2.05, 4.69) is 24.5 Å². The van der Waals surface area contributed by atoms with E-state index in [-0.39, 0.29) is 16.9 Å². The molecule has 1 aliphatic heterocycles. The van der Waals surface area contributed by atoms with E-state index in [1.54, 1.807) is 53.4 Å². The van der Waals surface area contributed by atoms with Gasteiger partial charge in [-0.05, 0) is 66.7 Å². The molecule has 1 aliphatic rings. The first-order chi connectivity index (χ1) is 14.9.